The number of hydrogen-bond acceptors (Lipinski definition) is 3. The molecule has 0 radical (unpaired) electrons. The molecule has 2 N–H and O–H groups in total. The lowest BCUT2D eigenvalue weighted by Gasteiger charge is -2.28. The lowest BCUT2D eigenvalue weighted by Crippen LogP contribution is -2.35. The van der Waals surface area contributed by atoms with Crippen LogP contribution >= 0.6 is 0 Å². The van der Waals surface area contributed by atoms with Crippen molar-refractivity contribution in [2.75, 3.05) is 24.6 Å². The molecule has 0 saturated carbocycles. The fourth-order valence-corrected chi connectivity index (χ4v) is 3.32. The van der Waals surface area contributed by atoms with E-state index in [0.29, 0.717) is 12.0 Å². The van der Waals surface area contributed by atoms with E-state index in [2.05, 4.69) is 55.3 Å². The molecular weight excluding hydrogens is 260 g/mol. The third kappa shape index (κ3) is 3.78. The standard InChI is InChI=1S/C18H30N2O/c1-4-11-19-17(5-2)15-6-8-16(9-7-15)20-12-10-14(3)18(20)13-21/h6-9,14,17-19,21H,4-5,10-13H2,1-3H3. The molecule has 2 rings (SSSR count). The number of aliphatic hydroxyl groups is 1. The summed E-state index contributed by atoms with van der Waals surface area (Å²) in [6.07, 6.45) is 3.44. The Labute approximate surface area is 129 Å². The maximum absolute atomic E-state index is 9.59. The molecule has 1 saturated heterocycles. The van der Waals surface area contributed by atoms with Crippen molar-refractivity contribution in [1.29, 1.82) is 0 Å². The fraction of sp³-hybridized carbons (Fsp3) is 0.667. The largest absolute Gasteiger partial charge is 0.394 e. The molecule has 3 heteroatoms. The average Bonchev–Trinajstić information content (AvgIpc) is 2.89. The first-order chi connectivity index (χ1) is 10.2. The van der Waals surface area contributed by atoms with Gasteiger partial charge in [-0.1, -0.05) is 32.9 Å². The highest BCUT2D eigenvalue weighted by molar-refractivity contribution is 5.50. The second-order valence-electron chi connectivity index (χ2n) is 6.22. The molecule has 1 heterocycles. The van der Waals surface area contributed by atoms with Gasteiger partial charge in [-0.05, 0) is 49.4 Å². The normalized spacial score (nSPS) is 23.5. The average molecular weight is 290 g/mol. The molecule has 21 heavy (non-hydrogen) atoms. The highest BCUT2D eigenvalue weighted by Gasteiger charge is 2.30. The maximum Gasteiger partial charge on any atom is 0.0637 e. The number of nitrogens with one attached hydrogen (secondary N) is 1. The lowest BCUT2D eigenvalue weighted by atomic mass is 10.0. The molecule has 3 atom stereocenters. The van der Waals surface area contributed by atoms with Crippen LogP contribution in [-0.2, 0) is 0 Å². The van der Waals surface area contributed by atoms with Crippen molar-refractivity contribution in [1.82, 2.24) is 5.32 Å². The van der Waals surface area contributed by atoms with Crippen LogP contribution in [0.15, 0.2) is 24.3 Å². The Morgan fingerprint density at radius 2 is 2.00 bits per heavy atom. The van der Waals surface area contributed by atoms with E-state index in [4.69, 9.17) is 0 Å². The van der Waals surface area contributed by atoms with Gasteiger partial charge in [0, 0.05) is 18.3 Å². The topological polar surface area (TPSA) is 35.5 Å². The monoisotopic (exact) mass is 290 g/mol. The summed E-state index contributed by atoms with van der Waals surface area (Å²) in [5, 5.41) is 13.2. The first kappa shape index (κ1) is 16.3. The van der Waals surface area contributed by atoms with E-state index in [0.717, 1.165) is 19.5 Å². The van der Waals surface area contributed by atoms with Gasteiger partial charge in [-0.2, -0.15) is 0 Å². The van der Waals surface area contributed by atoms with Gasteiger partial charge in [0.05, 0.1) is 12.6 Å². The number of rotatable bonds is 7. The van der Waals surface area contributed by atoms with Crippen LogP contribution < -0.4 is 10.2 Å². The number of anilines is 1. The summed E-state index contributed by atoms with van der Waals surface area (Å²) in [4.78, 5) is 2.36. The number of hydrogen-bond donors (Lipinski definition) is 2. The lowest BCUT2D eigenvalue weighted by molar-refractivity contribution is 0.245. The Morgan fingerprint density at radius 1 is 1.29 bits per heavy atom. The van der Waals surface area contributed by atoms with Crippen LogP contribution in [0.1, 0.15) is 51.6 Å². The van der Waals surface area contributed by atoms with E-state index < -0.39 is 0 Å². The van der Waals surface area contributed by atoms with Gasteiger partial charge in [-0.15, -0.1) is 0 Å². The molecular formula is C18H30N2O. The zero-order chi connectivity index (χ0) is 15.2. The fourth-order valence-electron chi connectivity index (χ4n) is 3.32. The maximum atomic E-state index is 9.59. The SMILES string of the molecule is CCCNC(CC)c1ccc(N2CCC(C)C2CO)cc1. The number of aliphatic hydroxyl groups excluding tert-OH is 1. The van der Waals surface area contributed by atoms with Crippen molar-refractivity contribution in [3.8, 4) is 0 Å². The van der Waals surface area contributed by atoms with Gasteiger partial charge >= 0.3 is 0 Å². The molecule has 1 aromatic carbocycles. The van der Waals surface area contributed by atoms with Gasteiger partial charge in [0.25, 0.3) is 0 Å². The number of benzene rings is 1. The number of nitrogens with zero attached hydrogens (tertiary/aromatic N) is 1. The van der Waals surface area contributed by atoms with Crippen molar-refractivity contribution >= 4 is 5.69 Å². The molecule has 1 aliphatic rings. The van der Waals surface area contributed by atoms with Crippen LogP contribution in [0.25, 0.3) is 0 Å². The highest BCUT2D eigenvalue weighted by Crippen LogP contribution is 2.30. The van der Waals surface area contributed by atoms with Gasteiger partial charge in [-0.25, -0.2) is 0 Å². The summed E-state index contributed by atoms with van der Waals surface area (Å²) in [5.74, 6) is 0.573. The molecule has 1 fully saturated rings. The van der Waals surface area contributed by atoms with Gasteiger partial charge in [0.1, 0.15) is 0 Å². The Balaban J connectivity index is 2.07. The zero-order valence-electron chi connectivity index (χ0n) is 13.7. The predicted molar refractivity (Wildman–Crippen MR) is 89.8 cm³/mol. The molecule has 0 aliphatic carbocycles. The molecule has 1 aliphatic heterocycles. The first-order valence-electron chi connectivity index (χ1n) is 8.42. The molecule has 118 valence electrons. The van der Waals surface area contributed by atoms with E-state index in [9.17, 15) is 5.11 Å². The van der Waals surface area contributed by atoms with E-state index in [1.807, 2.05) is 0 Å². The Morgan fingerprint density at radius 3 is 2.57 bits per heavy atom. The minimum Gasteiger partial charge on any atom is -0.394 e. The van der Waals surface area contributed by atoms with Gasteiger partial charge in [0.15, 0.2) is 0 Å². The van der Waals surface area contributed by atoms with Crippen LogP contribution in [0, 0.1) is 5.92 Å². The summed E-state index contributed by atoms with van der Waals surface area (Å²) in [7, 11) is 0. The quantitative estimate of drug-likeness (QED) is 0.808. The summed E-state index contributed by atoms with van der Waals surface area (Å²) < 4.78 is 0. The molecule has 0 aromatic heterocycles. The van der Waals surface area contributed by atoms with Crippen molar-refractivity contribution < 1.29 is 5.11 Å². The van der Waals surface area contributed by atoms with Crippen molar-refractivity contribution in [3.05, 3.63) is 29.8 Å². The van der Waals surface area contributed by atoms with Gasteiger partial charge in [0.2, 0.25) is 0 Å². The van der Waals surface area contributed by atoms with Crippen LogP contribution in [0.2, 0.25) is 0 Å². The minimum absolute atomic E-state index is 0.249. The molecule has 0 spiro atoms. The third-order valence-electron chi connectivity index (χ3n) is 4.75. The third-order valence-corrected chi connectivity index (χ3v) is 4.75. The zero-order valence-corrected chi connectivity index (χ0v) is 13.7. The summed E-state index contributed by atoms with van der Waals surface area (Å²) in [5.41, 5.74) is 2.61. The van der Waals surface area contributed by atoms with Crippen LogP contribution in [0.4, 0.5) is 5.69 Å². The van der Waals surface area contributed by atoms with E-state index in [1.54, 1.807) is 0 Å². The van der Waals surface area contributed by atoms with Crippen LogP contribution in [0.3, 0.4) is 0 Å². The molecule has 0 bridgehead atoms. The highest BCUT2D eigenvalue weighted by atomic mass is 16.3. The van der Waals surface area contributed by atoms with Gasteiger partial charge < -0.3 is 15.3 Å². The minimum atomic E-state index is 0.249. The second kappa shape index (κ2) is 7.81. The smallest absolute Gasteiger partial charge is 0.0637 e. The predicted octanol–water partition coefficient (Wildman–Crippen LogP) is 3.34. The molecule has 1 aromatic rings. The summed E-state index contributed by atoms with van der Waals surface area (Å²) >= 11 is 0. The second-order valence-corrected chi connectivity index (χ2v) is 6.22. The van der Waals surface area contributed by atoms with E-state index >= 15 is 0 Å². The van der Waals surface area contributed by atoms with Gasteiger partial charge in [-0.3, -0.25) is 0 Å². The Hall–Kier alpha value is -1.06. The van der Waals surface area contributed by atoms with Crippen LogP contribution in [0.5, 0.6) is 0 Å². The Bertz CT molecular complexity index is 418. The molecule has 0 amide bonds. The Kier molecular flexibility index (Phi) is 6.07. The summed E-state index contributed by atoms with van der Waals surface area (Å²) in [6, 6.07) is 9.63. The van der Waals surface area contributed by atoms with Crippen molar-refractivity contribution in [3.63, 3.8) is 0 Å². The van der Waals surface area contributed by atoms with Crippen molar-refractivity contribution in [2.45, 2.75) is 52.1 Å². The summed E-state index contributed by atoms with van der Waals surface area (Å²) in [6.45, 7) is 9.03. The van der Waals surface area contributed by atoms with E-state index in [1.165, 1.54) is 24.1 Å². The van der Waals surface area contributed by atoms with Crippen molar-refractivity contribution in [2.24, 2.45) is 5.92 Å². The van der Waals surface area contributed by atoms with E-state index in [-0.39, 0.29) is 12.6 Å². The molecule has 3 nitrogen and oxygen atoms in total. The van der Waals surface area contributed by atoms with Crippen LogP contribution in [-0.4, -0.2) is 30.8 Å². The molecule has 3 unspecified atom stereocenters. The first-order valence-corrected chi connectivity index (χ1v) is 8.42.